The lowest BCUT2D eigenvalue weighted by molar-refractivity contribution is -0.138. The van der Waals surface area contributed by atoms with Crippen LogP contribution in [0.3, 0.4) is 0 Å². The highest BCUT2D eigenvalue weighted by Crippen LogP contribution is 2.06. The Kier molecular flexibility index (Phi) is 9.19. The van der Waals surface area contributed by atoms with E-state index >= 15 is 0 Å². The highest BCUT2D eigenvalue weighted by molar-refractivity contribution is 5.73. The van der Waals surface area contributed by atoms with Crippen molar-refractivity contribution in [3.63, 3.8) is 0 Å². The van der Waals surface area contributed by atoms with Gasteiger partial charge in [0.2, 0.25) is 0 Å². The van der Waals surface area contributed by atoms with Gasteiger partial charge in [-0.15, -0.1) is 0 Å². The van der Waals surface area contributed by atoms with Crippen molar-refractivity contribution in [2.45, 2.75) is 46.0 Å². The molecule has 1 atom stereocenters. The second kappa shape index (κ2) is 9.93. The van der Waals surface area contributed by atoms with E-state index < -0.39 is 5.97 Å². The van der Waals surface area contributed by atoms with Gasteiger partial charge in [-0.3, -0.25) is 4.79 Å². The lowest BCUT2D eigenvalue weighted by atomic mass is 10.0. The minimum atomic E-state index is -0.818. The molecule has 0 aliphatic heterocycles. The molecule has 17 heavy (non-hydrogen) atoms. The molecule has 0 bridgehead atoms. The van der Waals surface area contributed by atoms with Gasteiger partial charge < -0.3 is 15.7 Å². The average molecular weight is 244 g/mol. The summed E-state index contributed by atoms with van der Waals surface area (Å²) in [5.41, 5.74) is 0. The molecule has 0 spiro atoms. The summed E-state index contributed by atoms with van der Waals surface area (Å²) in [7, 11) is 0. The van der Waals surface area contributed by atoms with Gasteiger partial charge in [-0.2, -0.15) is 0 Å². The largest absolute Gasteiger partial charge is 0.481 e. The molecule has 0 rings (SSSR count). The topological polar surface area (TPSA) is 78.4 Å². The van der Waals surface area contributed by atoms with E-state index in [1.807, 2.05) is 6.92 Å². The number of hydrogen-bond donors (Lipinski definition) is 3. The second-order valence-electron chi connectivity index (χ2n) is 4.22. The van der Waals surface area contributed by atoms with Crippen LogP contribution in [-0.4, -0.2) is 30.2 Å². The molecular formula is C12H24N2O3. The first kappa shape index (κ1) is 15.7. The van der Waals surface area contributed by atoms with Crippen molar-refractivity contribution in [1.29, 1.82) is 0 Å². The minimum Gasteiger partial charge on any atom is -0.481 e. The number of carbonyl (C=O) groups excluding carboxylic acids is 1. The molecule has 2 amide bonds. The summed E-state index contributed by atoms with van der Waals surface area (Å²) in [5.74, 6) is -0.809. The summed E-state index contributed by atoms with van der Waals surface area (Å²) in [6.07, 6.45) is 4.07. The number of rotatable bonds is 9. The summed E-state index contributed by atoms with van der Waals surface area (Å²) >= 11 is 0. The van der Waals surface area contributed by atoms with Crippen molar-refractivity contribution >= 4 is 12.0 Å². The lowest BCUT2D eigenvalue weighted by Crippen LogP contribution is -2.39. The van der Waals surface area contributed by atoms with Crippen molar-refractivity contribution < 1.29 is 14.7 Å². The van der Waals surface area contributed by atoms with Gasteiger partial charge in [0.05, 0.1) is 0 Å². The van der Waals surface area contributed by atoms with Gasteiger partial charge in [0, 0.05) is 19.5 Å². The molecule has 100 valence electrons. The molecule has 3 N–H and O–H groups in total. The Morgan fingerprint density at radius 1 is 1.18 bits per heavy atom. The summed E-state index contributed by atoms with van der Waals surface area (Å²) in [6, 6.07) is -0.204. The van der Waals surface area contributed by atoms with E-state index in [1.54, 1.807) is 0 Å². The maximum absolute atomic E-state index is 11.3. The number of carbonyl (C=O) groups is 2. The Balaban J connectivity index is 3.62. The normalized spacial score (nSPS) is 11.9. The van der Waals surface area contributed by atoms with Crippen LogP contribution in [0.25, 0.3) is 0 Å². The van der Waals surface area contributed by atoms with Crippen LogP contribution in [0.2, 0.25) is 0 Å². The fraction of sp³-hybridized carbons (Fsp3) is 0.833. The molecule has 0 aliphatic rings. The molecular weight excluding hydrogens is 220 g/mol. The number of hydrogen-bond acceptors (Lipinski definition) is 2. The average Bonchev–Trinajstić information content (AvgIpc) is 2.29. The van der Waals surface area contributed by atoms with Crippen molar-refractivity contribution in [3.05, 3.63) is 0 Å². The molecule has 0 saturated heterocycles. The molecule has 5 nitrogen and oxygen atoms in total. The molecule has 0 fully saturated rings. The van der Waals surface area contributed by atoms with Crippen LogP contribution >= 0.6 is 0 Å². The fourth-order valence-electron chi connectivity index (χ4n) is 1.48. The Morgan fingerprint density at radius 2 is 1.88 bits per heavy atom. The van der Waals surface area contributed by atoms with Crippen LogP contribution in [-0.2, 0) is 4.79 Å². The molecule has 0 aromatic carbocycles. The summed E-state index contributed by atoms with van der Waals surface area (Å²) in [5, 5.41) is 14.1. The molecule has 0 aromatic heterocycles. The summed E-state index contributed by atoms with van der Waals surface area (Å²) < 4.78 is 0. The monoisotopic (exact) mass is 244 g/mol. The fourth-order valence-corrected chi connectivity index (χ4v) is 1.48. The van der Waals surface area contributed by atoms with Crippen LogP contribution in [0.5, 0.6) is 0 Å². The molecule has 0 saturated carbocycles. The van der Waals surface area contributed by atoms with Crippen LogP contribution in [0, 0.1) is 5.92 Å². The van der Waals surface area contributed by atoms with E-state index in [-0.39, 0.29) is 18.4 Å². The Hall–Kier alpha value is -1.26. The van der Waals surface area contributed by atoms with E-state index in [9.17, 15) is 9.59 Å². The van der Waals surface area contributed by atoms with E-state index in [4.69, 9.17) is 5.11 Å². The van der Waals surface area contributed by atoms with Gasteiger partial charge in [-0.1, -0.05) is 33.1 Å². The predicted molar refractivity (Wildman–Crippen MR) is 67.0 cm³/mol. The second-order valence-corrected chi connectivity index (χ2v) is 4.22. The Labute approximate surface area is 103 Å². The number of amides is 2. The lowest BCUT2D eigenvalue weighted by Gasteiger charge is -2.13. The first-order chi connectivity index (χ1) is 8.10. The first-order valence-electron chi connectivity index (χ1n) is 6.33. The number of carboxylic acid groups (broad SMARTS) is 1. The zero-order valence-electron chi connectivity index (χ0n) is 10.8. The number of nitrogens with one attached hydrogen (secondary N) is 2. The van der Waals surface area contributed by atoms with E-state index in [2.05, 4.69) is 17.6 Å². The van der Waals surface area contributed by atoms with Gasteiger partial charge in [0.1, 0.15) is 0 Å². The maximum atomic E-state index is 11.3. The van der Waals surface area contributed by atoms with Gasteiger partial charge in [-0.25, -0.2) is 4.79 Å². The SMILES string of the molecule is CCCCCNC(=O)NCC(CC)CC(=O)O. The molecule has 5 heteroatoms. The number of carboxylic acids is 1. The zero-order chi connectivity index (χ0) is 13.1. The number of unbranched alkanes of at least 4 members (excludes halogenated alkanes) is 2. The summed E-state index contributed by atoms with van der Waals surface area (Å²) in [4.78, 5) is 21.9. The van der Waals surface area contributed by atoms with Gasteiger partial charge in [0.25, 0.3) is 0 Å². The van der Waals surface area contributed by atoms with Gasteiger partial charge >= 0.3 is 12.0 Å². The minimum absolute atomic E-state index is 0.00823. The van der Waals surface area contributed by atoms with E-state index in [0.717, 1.165) is 25.7 Å². The zero-order valence-corrected chi connectivity index (χ0v) is 10.8. The van der Waals surface area contributed by atoms with Crippen LogP contribution in [0.15, 0.2) is 0 Å². The van der Waals surface area contributed by atoms with Crippen LogP contribution in [0.1, 0.15) is 46.0 Å². The number of urea groups is 1. The third-order valence-electron chi connectivity index (χ3n) is 2.66. The standard InChI is InChI=1S/C12H24N2O3/c1-3-5-6-7-13-12(17)14-9-10(4-2)8-11(15)16/h10H,3-9H2,1-2H3,(H,15,16)(H2,13,14,17). The number of aliphatic carboxylic acids is 1. The first-order valence-corrected chi connectivity index (χ1v) is 6.33. The van der Waals surface area contributed by atoms with Crippen LogP contribution < -0.4 is 10.6 Å². The Bertz CT molecular complexity index is 232. The molecule has 0 aliphatic carbocycles. The highest BCUT2D eigenvalue weighted by atomic mass is 16.4. The predicted octanol–water partition coefficient (Wildman–Crippen LogP) is 1.98. The third kappa shape index (κ3) is 9.66. The maximum Gasteiger partial charge on any atom is 0.314 e. The van der Waals surface area contributed by atoms with Crippen molar-refractivity contribution in [2.75, 3.05) is 13.1 Å². The smallest absolute Gasteiger partial charge is 0.314 e. The van der Waals surface area contributed by atoms with Crippen LogP contribution in [0.4, 0.5) is 4.79 Å². The summed E-state index contributed by atoms with van der Waals surface area (Å²) in [6.45, 7) is 5.13. The molecule has 0 heterocycles. The quantitative estimate of drug-likeness (QED) is 0.543. The highest BCUT2D eigenvalue weighted by Gasteiger charge is 2.11. The van der Waals surface area contributed by atoms with E-state index in [0.29, 0.717) is 13.1 Å². The van der Waals surface area contributed by atoms with Gasteiger partial charge in [-0.05, 0) is 12.3 Å². The Morgan fingerprint density at radius 3 is 2.41 bits per heavy atom. The molecule has 0 radical (unpaired) electrons. The van der Waals surface area contributed by atoms with E-state index in [1.165, 1.54) is 0 Å². The van der Waals surface area contributed by atoms with Crippen molar-refractivity contribution in [2.24, 2.45) is 5.92 Å². The molecule has 1 unspecified atom stereocenters. The van der Waals surface area contributed by atoms with Gasteiger partial charge in [0.15, 0.2) is 0 Å². The van der Waals surface area contributed by atoms with Crippen molar-refractivity contribution in [3.8, 4) is 0 Å². The van der Waals surface area contributed by atoms with Crippen molar-refractivity contribution in [1.82, 2.24) is 10.6 Å². The molecule has 0 aromatic rings. The third-order valence-corrected chi connectivity index (χ3v) is 2.66.